The van der Waals surface area contributed by atoms with Gasteiger partial charge in [-0.05, 0) is 24.6 Å². The van der Waals surface area contributed by atoms with Crippen molar-refractivity contribution in [1.82, 2.24) is 19.2 Å². The molecule has 2 aromatic heterocycles. The highest BCUT2D eigenvalue weighted by atomic mass is 32.1. The molecule has 4 aromatic rings. The van der Waals surface area contributed by atoms with E-state index in [4.69, 9.17) is 0 Å². The first kappa shape index (κ1) is 22.5. The van der Waals surface area contributed by atoms with E-state index in [0.717, 1.165) is 53.6 Å². The molecule has 0 saturated carbocycles. The number of hydrogen-bond acceptors (Lipinski definition) is 6. The molecule has 1 aliphatic heterocycles. The summed E-state index contributed by atoms with van der Waals surface area (Å²) in [6, 6.07) is 19.1. The van der Waals surface area contributed by atoms with Crippen LogP contribution < -0.4 is 10.9 Å². The lowest BCUT2D eigenvalue weighted by molar-refractivity contribution is -0.122. The highest BCUT2D eigenvalue weighted by Crippen LogP contribution is 2.25. The number of carbonyl (C=O) groups is 1. The zero-order valence-electron chi connectivity index (χ0n) is 19.1. The van der Waals surface area contributed by atoms with E-state index in [9.17, 15) is 9.59 Å². The lowest BCUT2D eigenvalue weighted by Gasteiger charge is -2.38. The summed E-state index contributed by atoms with van der Waals surface area (Å²) < 4.78 is 1.57. The van der Waals surface area contributed by atoms with E-state index >= 15 is 0 Å². The van der Waals surface area contributed by atoms with Gasteiger partial charge in [-0.25, -0.2) is 4.98 Å². The SMILES string of the molecule is Cc1ccc(NC(=O)C(c2ccccc2)N2CCN(Cc3cc(=O)n4ccsc4n3)CC2)cc1. The fraction of sp³-hybridized carbons (Fsp3) is 0.269. The molecule has 1 amide bonds. The maximum atomic E-state index is 13.4. The monoisotopic (exact) mass is 473 g/mol. The molecule has 1 aliphatic rings. The molecule has 34 heavy (non-hydrogen) atoms. The lowest BCUT2D eigenvalue weighted by Crippen LogP contribution is -2.49. The number of thiazole rings is 1. The van der Waals surface area contributed by atoms with Gasteiger partial charge in [0.05, 0.1) is 5.69 Å². The molecule has 3 heterocycles. The molecule has 174 valence electrons. The summed E-state index contributed by atoms with van der Waals surface area (Å²) in [5.41, 5.74) is 3.69. The first-order valence-electron chi connectivity index (χ1n) is 11.4. The Kier molecular flexibility index (Phi) is 6.53. The zero-order valence-corrected chi connectivity index (χ0v) is 19.9. The van der Waals surface area contributed by atoms with Crippen LogP contribution in [-0.2, 0) is 11.3 Å². The van der Waals surface area contributed by atoms with Gasteiger partial charge in [-0.1, -0.05) is 48.0 Å². The summed E-state index contributed by atoms with van der Waals surface area (Å²) in [4.78, 5) is 35.6. The predicted molar refractivity (Wildman–Crippen MR) is 135 cm³/mol. The van der Waals surface area contributed by atoms with E-state index in [1.54, 1.807) is 16.7 Å². The van der Waals surface area contributed by atoms with Crippen LogP contribution >= 0.6 is 11.3 Å². The molecule has 0 spiro atoms. The Morgan fingerprint density at radius 2 is 1.79 bits per heavy atom. The number of fused-ring (bicyclic) bond motifs is 1. The van der Waals surface area contributed by atoms with E-state index in [2.05, 4.69) is 20.1 Å². The van der Waals surface area contributed by atoms with Crippen LogP contribution in [-0.4, -0.2) is 51.3 Å². The molecular formula is C26H27N5O2S. The van der Waals surface area contributed by atoms with Crippen molar-refractivity contribution in [3.8, 4) is 0 Å². The highest BCUT2D eigenvalue weighted by Gasteiger charge is 2.30. The van der Waals surface area contributed by atoms with E-state index in [-0.39, 0.29) is 17.5 Å². The van der Waals surface area contributed by atoms with Crippen molar-refractivity contribution in [2.75, 3.05) is 31.5 Å². The van der Waals surface area contributed by atoms with E-state index in [1.165, 1.54) is 11.3 Å². The van der Waals surface area contributed by atoms with Crippen LogP contribution in [0.5, 0.6) is 0 Å². The summed E-state index contributed by atoms with van der Waals surface area (Å²) in [5.74, 6) is -0.0265. The molecule has 0 radical (unpaired) electrons. The van der Waals surface area contributed by atoms with Gasteiger partial charge in [-0.2, -0.15) is 0 Å². The molecule has 1 unspecified atom stereocenters. The Balaban J connectivity index is 1.28. The van der Waals surface area contributed by atoms with Crippen molar-refractivity contribution in [3.05, 3.63) is 99.4 Å². The van der Waals surface area contributed by atoms with Crippen LogP contribution in [0.15, 0.2) is 77.0 Å². The van der Waals surface area contributed by atoms with Crippen molar-refractivity contribution < 1.29 is 4.79 Å². The third kappa shape index (κ3) is 4.94. The first-order chi connectivity index (χ1) is 16.6. The van der Waals surface area contributed by atoms with Gasteiger partial charge in [0.2, 0.25) is 5.91 Å². The molecule has 7 nitrogen and oxygen atoms in total. The molecule has 1 saturated heterocycles. The topological polar surface area (TPSA) is 70.0 Å². The number of aromatic nitrogens is 2. The van der Waals surface area contributed by atoms with E-state index in [0.29, 0.717) is 6.54 Å². The molecule has 1 fully saturated rings. The summed E-state index contributed by atoms with van der Waals surface area (Å²) >= 11 is 1.46. The van der Waals surface area contributed by atoms with Crippen LogP contribution in [0.4, 0.5) is 5.69 Å². The summed E-state index contributed by atoms with van der Waals surface area (Å²) in [6.45, 7) is 5.76. The molecule has 2 aromatic carbocycles. The number of nitrogens with zero attached hydrogens (tertiary/aromatic N) is 4. The van der Waals surface area contributed by atoms with Gasteiger partial charge in [0.15, 0.2) is 4.96 Å². The normalized spacial score (nSPS) is 15.9. The highest BCUT2D eigenvalue weighted by molar-refractivity contribution is 7.15. The molecule has 1 N–H and O–H groups in total. The van der Waals surface area contributed by atoms with Crippen LogP contribution in [0.3, 0.4) is 0 Å². The number of benzene rings is 2. The van der Waals surface area contributed by atoms with Crippen LogP contribution in [0.25, 0.3) is 4.96 Å². The Hall–Kier alpha value is -3.33. The van der Waals surface area contributed by atoms with Crippen molar-refractivity contribution in [1.29, 1.82) is 0 Å². The number of carbonyl (C=O) groups excluding carboxylic acids is 1. The smallest absolute Gasteiger partial charge is 0.258 e. The lowest BCUT2D eigenvalue weighted by atomic mass is 10.0. The first-order valence-corrected chi connectivity index (χ1v) is 12.3. The Morgan fingerprint density at radius 1 is 1.06 bits per heavy atom. The molecule has 1 atom stereocenters. The third-order valence-electron chi connectivity index (χ3n) is 6.20. The fourth-order valence-electron chi connectivity index (χ4n) is 4.39. The van der Waals surface area contributed by atoms with Crippen LogP contribution in [0, 0.1) is 6.92 Å². The molecule has 8 heteroatoms. The summed E-state index contributed by atoms with van der Waals surface area (Å²) in [7, 11) is 0. The second-order valence-electron chi connectivity index (χ2n) is 8.62. The second-order valence-corrected chi connectivity index (χ2v) is 9.49. The van der Waals surface area contributed by atoms with Gasteiger partial charge in [0.1, 0.15) is 6.04 Å². The van der Waals surface area contributed by atoms with Crippen LogP contribution in [0.2, 0.25) is 0 Å². The van der Waals surface area contributed by atoms with Crippen molar-refractivity contribution in [3.63, 3.8) is 0 Å². The minimum atomic E-state index is -0.366. The number of nitrogens with one attached hydrogen (secondary N) is 1. The van der Waals surface area contributed by atoms with Crippen molar-refractivity contribution >= 4 is 27.9 Å². The number of amides is 1. The number of piperazine rings is 1. The van der Waals surface area contributed by atoms with Crippen molar-refractivity contribution in [2.24, 2.45) is 0 Å². The summed E-state index contributed by atoms with van der Waals surface area (Å²) in [5, 5.41) is 4.97. The maximum absolute atomic E-state index is 13.4. The summed E-state index contributed by atoms with van der Waals surface area (Å²) in [6.07, 6.45) is 1.75. The van der Waals surface area contributed by atoms with Crippen LogP contribution in [0.1, 0.15) is 22.9 Å². The Labute approximate surface area is 202 Å². The van der Waals surface area contributed by atoms with Gasteiger partial charge in [-0.3, -0.25) is 23.8 Å². The average molecular weight is 474 g/mol. The zero-order chi connectivity index (χ0) is 23.5. The van der Waals surface area contributed by atoms with Gasteiger partial charge in [0.25, 0.3) is 5.56 Å². The van der Waals surface area contributed by atoms with Gasteiger partial charge < -0.3 is 5.32 Å². The fourth-order valence-corrected chi connectivity index (χ4v) is 5.13. The van der Waals surface area contributed by atoms with Gasteiger partial charge >= 0.3 is 0 Å². The number of aryl methyl sites for hydroxylation is 1. The second kappa shape index (κ2) is 9.89. The predicted octanol–water partition coefficient (Wildman–Crippen LogP) is 3.56. The molecule has 5 rings (SSSR count). The van der Waals surface area contributed by atoms with Gasteiger partial charge in [0, 0.05) is 56.1 Å². The Bertz CT molecular complexity index is 1320. The van der Waals surface area contributed by atoms with Crippen molar-refractivity contribution in [2.45, 2.75) is 19.5 Å². The number of hydrogen-bond donors (Lipinski definition) is 1. The molecule has 0 aliphatic carbocycles. The number of anilines is 1. The van der Waals surface area contributed by atoms with E-state index < -0.39 is 0 Å². The van der Waals surface area contributed by atoms with E-state index in [1.807, 2.05) is 66.9 Å². The maximum Gasteiger partial charge on any atom is 0.258 e. The minimum absolute atomic E-state index is 0.0265. The standard InChI is InChI=1S/C26H27N5O2S/c1-19-7-9-21(10-8-19)27-25(33)24(20-5-3-2-4-6-20)30-13-11-29(12-14-30)18-22-17-23(32)31-15-16-34-26(31)28-22/h2-10,15-17,24H,11-14,18H2,1H3,(H,27,33). The van der Waals surface area contributed by atoms with Gasteiger partial charge in [-0.15, -0.1) is 11.3 Å². The largest absolute Gasteiger partial charge is 0.324 e. The average Bonchev–Trinajstić information content (AvgIpc) is 3.32. The molecule has 0 bridgehead atoms. The quantitative estimate of drug-likeness (QED) is 0.464. The molecular weight excluding hydrogens is 446 g/mol. The third-order valence-corrected chi connectivity index (χ3v) is 6.95. The number of rotatable bonds is 6. The minimum Gasteiger partial charge on any atom is -0.324 e. The Morgan fingerprint density at radius 3 is 2.53 bits per heavy atom.